The largest absolute Gasteiger partial charge is 0.352 e. The topological polar surface area (TPSA) is 62.6 Å². The predicted octanol–water partition coefficient (Wildman–Crippen LogP) is 0.891. The third kappa shape index (κ3) is 5.76. The second kappa shape index (κ2) is 8.32. The number of piperidine rings is 1. The van der Waals surface area contributed by atoms with Crippen molar-refractivity contribution in [3.8, 4) is 0 Å². The van der Waals surface area contributed by atoms with Crippen LogP contribution in [0.3, 0.4) is 0 Å². The molecule has 0 aromatic heterocycles. The highest BCUT2D eigenvalue weighted by molar-refractivity contribution is 5.81. The van der Waals surface area contributed by atoms with Crippen molar-refractivity contribution in [1.82, 2.24) is 10.6 Å². The molecule has 138 valence electrons. The molecule has 0 aromatic rings. The van der Waals surface area contributed by atoms with Gasteiger partial charge in [-0.25, -0.2) is 0 Å². The molecule has 2 aliphatic rings. The minimum absolute atomic E-state index is 0.125. The number of amides is 2. The lowest BCUT2D eigenvalue weighted by Gasteiger charge is -2.32. The Labute approximate surface area is 146 Å². The Balaban J connectivity index is 1.69. The number of carbonyl (C=O) groups excluding carboxylic acids is 2. The van der Waals surface area contributed by atoms with Crippen LogP contribution >= 0.6 is 0 Å². The fourth-order valence-electron chi connectivity index (χ4n) is 3.76. The van der Waals surface area contributed by atoms with Crippen LogP contribution in [0.2, 0.25) is 0 Å². The summed E-state index contributed by atoms with van der Waals surface area (Å²) < 4.78 is 0. The molecular weight excluding hydrogens is 302 g/mol. The average Bonchev–Trinajstić information content (AvgIpc) is 2.50. The second-order valence-electron chi connectivity index (χ2n) is 8.86. The average molecular weight is 339 g/mol. The zero-order valence-corrected chi connectivity index (χ0v) is 15.9. The first kappa shape index (κ1) is 19.2. The van der Waals surface area contributed by atoms with Crippen LogP contribution in [0.15, 0.2) is 0 Å². The number of hydrogen-bond acceptors (Lipinski definition) is 2. The Morgan fingerprint density at radius 1 is 1.00 bits per heavy atom. The Morgan fingerprint density at radius 3 is 2.21 bits per heavy atom. The van der Waals surface area contributed by atoms with Crippen LogP contribution in [-0.2, 0) is 9.59 Å². The van der Waals surface area contributed by atoms with Gasteiger partial charge >= 0.3 is 0 Å². The molecule has 1 heterocycles. The quantitative estimate of drug-likeness (QED) is 0.713. The van der Waals surface area contributed by atoms with Gasteiger partial charge in [-0.05, 0) is 18.8 Å². The van der Waals surface area contributed by atoms with Gasteiger partial charge in [0.15, 0.2) is 6.54 Å². The molecule has 3 N–H and O–H groups in total. The van der Waals surface area contributed by atoms with Crippen molar-refractivity contribution < 1.29 is 14.5 Å². The maximum Gasteiger partial charge on any atom is 0.275 e. The molecule has 0 radical (unpaired) electrons. The van der Waals surface area contributed by atoms with Gasteiger partial charge in [0.05, 0.1) is 13.1 Å². The molecule has 2 rings (SSSR count). The van der Waals surface area contributed by atoms with Crippen molar-refractivity contribution in [1.29, 1.82) is 0 Å². The molecule has 2 fully saturated rings. The zero-order chi connectivity index (χ0) is 17.7. The van der Waals surface area contributed by atoms with Crippen LogP contribution in [0.25, 0.3) is 0 Å². The summed E-state index contributed by atoms with van der Waals surface area (Å²) in [5.74, 6) is 0.928. The first-order valence-electron chi connectivity index (χ1n) is 9.69. The van der Waals surface area contributed by atoms with E-state index in [0.717, 1.165) is 32.4 Å². The lowest BCUT2D eigenvalue weighted by atomic mass is 9.86. The molecule has 24 heavy (non-hydrogen) atoms. The second-order valence-corrected chi connectivity index (χ2v) is 8.86. The van der Waals surface area contributed by atoms with E-state index < -0.39 is 0 Å². The van der Waals surface area contributed by atoms with Crippen LogP contribution in [-0.4, -0.2) is 43.5 Å². The van der Waals surface area contributed by atoms with Crippen LogP contribution in [0.4, 0.5) is 0 Å². The summed E-state index contributed by atoms with van der Waals surface area (Å²) in [5.41, 5.74) is -0.333. The lowest BCUT2D eigenvalue weighted by Crippen LogP contribution is -3.14. The van der Waals surface area contributed by atoms with Crippen molar-refractivity contribution in [2.75, 3.05) is 19.6 Å². The number of rotatable bonds is 4. The molecule has 0 unspecified atom stereocenters. The highest BCUT2D eigenvalue weighted by Crippen LogP contribution is 2.23. The zero-order valence-electron chi connectivity index (χ0n) is 15.9. The molecule has 2 atom stereocenters. The summed E-state index contributed by atoms with van der Waals surface area (Å²) in [4.78, 5) is 25.7. The highest BCUT2D eigenvalue weighted by Gasteiger charge is 2.29. The smallest absolute Gasteiger partial charge is 0.275 e. The number of hydrogen-bond donors (Lipinski definition) is 3. The van der Waals surface area contributed by atoms with Gasteiger partial charge in [-0.1, -0.05) is 40.5 Å². The molecule has 0 spiro atoms. The molecule has 1 saturated carbocycles. The van der Waals surface area contributed by atoms with Crippen molar-refractivity contribution in [3.05, 3.63) is 0 Å². The fourth-order valence-corrected chi connectivity index (χ4v) is 3.76. The fraction of sp³-hybridized carbons (Fsp3) is 0.895. The van der Waals surface area contributed by atoms with E-state index in [-0.39, 0.29) is 23.3 Å². The van der Waals surface area contributed by atoms with Crippen LogP contribution in [0.1, 0.15) is 66.2 Å². The molecule has 0 aromatic carbocycles. The van der Waals surface area contributed by atoms with E-state index in [0.29, 0.717) is 18.5 Å². The van der Waals surface area contributed by atoms with E-state index in [1.165, 1.54) is 24.2 Å². The molecule has 2 amide bonds. The SMILES string of the molecule is C[C@H]1CCCC[C@H]1NC(=O)C[NH+]1CCC(NC(=O)C(C)(C)C)CC1. The molecular formula is C19H36N3O2+. The number of quaternary nitrogens is 1. The van der Waals surface area contributed by atoms with Gasteiger partial charge in [-0.15, -0.1) is 0 Å². The Morgan fingerprint density at radius 2 is 1.62 bits per heavy atom. The minimum Gasteiger partial charge on any atom is -0.352 e. The van der Waals surface area contributed by atoms with Gasteiger partial charge < -0.3 is 15.5 Å². The minimum atomic E-state index is -0.333. The molecule has 5 nitrogen and oxygen atoms in total. The summed E-state index contributed by atoms with van der Waals surface area (Å²) in [7, 11) is 0. The molecule has 1 aliphatic carbocycles. The van der Waals surface area contributed by atoms with Crippen LogP contribution < -0.4 is 15.5 Å². The summed E-state index contributed by atoms with van der Waals surface area (Å²) in [5, 5.41) is 6.40. The van der Waals surface area contributed by atoms with Crippen molar-refractivity contribution in [2.24, 2.45) is 11.3 Å². The van der Waals surface area contributed by atoms with Crippen molar-refractivity contribution in [3.63, 3.8) is 0 Å². The van der Waals surface area contributed by atoms with E-state index in [9.17, 15) is 9.59 Å². The van der Waals surface area contributed by atoms with Gasteiger partial charge in [0.1, 0.15) is 0 Å². The van der Waals surface area contributed by atoms with E-state index >= 15 is 0 Å². The first-order valence-corrected chi connectivity index (χ1v) is 9.69. The number of likely N-dealkylation sites (tertiary alicyclic amines) is 1. The lowest BCUT2D eigenvalue weighted by molar-refractivity contribution is -0.897. The Bertz CT molecular complexity index is 436. The Hall–Kier alpha value is -1.10. The maximum absolute atomic E-state index is 12.3. The van der Waals surface area contributed by atoms with Gasteiger partial charge in [-0.3, -0.25) is 9.59 Å². The summed E-state index contributed by atoms with van der Waals surface area (Å²) in [6.07, 6.45) is 6.82. The van der Waals surface area contributed by atoms with Crippen LogP contribution in [0, 0.1) is 11.3 Å². The van der Waals surface area contributed by atoms with Crippen LogP contribution in [0.5, 0.6) is 0 Å². The molecule has 5 heteroatoms. The maximum atomic E-state index is 12.3. The normalized spacial score (nSPS) is 31.3. The third-order valence-electron chi connectivity index (χ3n) is 5.58. The van der Waals surface area contributed by atoms with Gasteiger partial charge in [0.25, 0.3) is 5.91 Å². The van der Waals surface area contributed by atoms with Crippen molar-refractivity contribution in [2.45, 2.75) is 78.3 Å². The van der Waals surface area contributed by atoms with Crippen molar-refractivity contribution >= 4 is 11.8 Å². The van der Waals surface area contributed by atoms with E-state index in [4.69, 9.17) is 0 Å². The predicted molar refractivity (Wildman–Crippen MR) is 95.7 cm³/mol. The third-order valence-corrected chi connectivity index (χ3v) is 5.58. The van der Waals surface area contributed by atoms with E-state index in [2.05, 4.69) is 17.6 Å². The monoisotopic (exact) mass is 338 g/mol. The standard InChI is InChI=1S/C19H35N3O2/c1-14-7-5-6-8-16(14)21-17(23)13-22-11-9-15(10-12-22)20-18(24)19(2,3)4/h14-16H,5-13H2,1-4H3,(H,20,24)(H,21,23)/p+1/t14-,16+/m0/s1. The molecule has 1 saturated heterocycles. The first-order chi connectivity index (χ1) is 11.3. The van der Waals surface area contributed by atoms with Gasteiger partial charge in [-0.2, -0.15) is 0 Å². The summed E-state index contributed by atoms with van der Waals surface area (Å²) in [6, 6.07) is 0.635. The molecule has 1 aliphatic heterocycles. The summed E-state index contributed by atoms with van der Waals surface area (Å²) in [6.45, 7) is 10.6. The van der Waals surface area contributed by atoms with Gasteiger partial charge in [0.2, 0.25) is 5.91 Å². The van der Waals surface area contributed by atoms with Gasteiger partial charge in [0, 0.05) is 30.3 Å². The number of carbonyl (C=O) groups is 2. The summed E-state index contributed by atoms with van der Waals surface area (Å²) >= 11 is 0. The van der Waals surface area contributed by atoms with E-state index in [1.807, 2.05) is 20.8 Å². The number of nitrogens with one attached hydrogen (secondary N) is 3. The van der Waals surface area contributed by atoms with E-state index in [1.54, 1.807) is 0 Å². The molecule has 0 bridgehead atoms. The highest BCUT2D eigenvalue weighted by atomic mass is 16.2. The Kier molecular flexibility index (Phi) is 6.67.